The maximum absolute atomic E-state index is 12.0. The minimum Gasteiger partial charge on any atom is -0.205 e. The van der Waals surface area contributed by atoms with Gasteiger partial charge in [-0.1, -0.05) is 24.3 Å². The van der Waals surface area contributed by atoms with Crippen LogP contribution in [0.5, 0.6) is 0 Å². The second kappa shape index (κ2) is 3.82. The van der Waals surface area contributed by atoms with Crippen molar-refractivity contribution >= 4 is 0 Å². The zero-order valence-electron chi connectivity index (χ0n) is 6.30. The second-order valence-corrected chi connectivity index (χ2v) is 2.38. The van der Waals surface area contributed by atoms with Crippen LogP contribution >= 0.6 is 0 Å². The highest BCUT2D eigenvalue weighted by molar-refractivity contribution is 5.24. The summed E-state index contributed by atoms with van der Waals surface area (Å²) in [6.07, 6.45) is -2.16. The van der Waals surface area contributed by atoms with E-state index in [1.54, 1.807) is 12.1 Å². The Labute approximate surface area is 69.2 Å². The van der Waals surface area contributed by atoms with Crippen molar-refractivity contribution in [1.29, 1.82) is 5.26 Å². The molecule has 1 nitrogen and oxygen atoms in total. The van der Waals surface area contributed by atoms with Crippen LogP contribution < -0.4 is 0 Å². The molecule has 1 aromatic rings. The Morgan fingerprint density at radius 1 is 1.25 bits per heavy atom. The smallest absolute Gasteiger partial charge is 0.205 e. The molecule has 0 aromatic heterocycles. The number of alkyl halides is 2. The fourth-order valence-corrected chi connectivity index (χ4v) is 0.872. The van der Waals surface area contributed by atoms with E-state index in [0.717, 1.165) is 5.56 Å². The molecule has 0 aliphatic heterocycles. The number of hydrogen-bond donors (Lipinski definition) is 0. The van der Waals surface area contributed by atoms with Gasteiger partial charge in [0.05, 0.1) is 12.5 Å². The molecule has 0 atom stereocenters. The van der Waals surface area contributed by atoms with Crippen LogP contribution in [0.2, 0.25) is 0 Å². The predicted octanol–water partition coefficient (Wildman–Crippen LogP) is 2.69. The van der Waals surface area contributed by atoms with E-state index in [4.69, 9.17) is 5.26 Å². The minimum atomic E-state index is -2.43. The predicted molar refractivity (Wildman–Crippen MR) is 40.7 cm³/mol. The molecule has 0 saturated carbocycles. The third kappa shape index (κ3) is 2.03. The molecule has 0 heterocycles. The molecule has 0 saturated heterocycles. The van der Waals surface area contributed by atoms with E-state index in [1.165, 1.54) is 12.1 Å². The monoisotopic (exact) mass is 167 g/mol. The number of nitrogens with zero attached hydrogens (tertiary/aromatic N) is 1. The molecule has 0 fully saturated rings. The molecular formula is C9H7F2N. The molecule has 1 aromatic carbocycles. The fraction of sp³-hybridized carbons (Fsp3) is 0.222. The highest BCUT2D eigenvalue weighted by atomic mass is 19.3. The molecule has 12 heavy (non-hydrogen) atoms. The van der Waals surface area contributed by atoms with E-state index in [0.29, 0.717) is 0 Å². The van der Waals surface area contributed by atoms with Crippen LogP contribution in [0, 0.1) is 11.3 Å². The van der Waals surface area contributed by atoms with Gasteiger partial charge >= 0.3 is 0 Å². The van der Waals surface area contributed by atoms with E-state index in [9.17, 15) is 8.78 Å². The normalized spacial score (nSPS) is 9.83. The molecule has 1 rings (SSSR count). The lowest BCUT2D eigenvalue weighted by molar-refractivity contribution is 0.151. The number of nitriles is 1. The number of rotatable bonds is 2. The minimum absolute atomic E-state index is 0.00307. The third-order valence-electron chi connectivity index (χ3n) is 1.51. The van der Waals surface area contributed by atoms with Crippen molar-refractivity contribution in [2.24, 2.45) is 0 Å². The second-order valence-electron chi connectivity index (χ2n) is 2.38. The lowest BCUT2D eigenvalue weighted by atomic mass is 10.1. The van der Waals surface area contributed by atoms with Gasteiger partial charge in [0, 0.05) is 5.56 Å². The maximum atomic E-state index is 12.0. The molecule has 0 aliphatic carbocycles. The average Bonchev–Trinajstić information content (AvgIpc) is 2.06. The Morgan fingerprint density at radius 2 is 1.83 bits per heavy atom. The zero-order chi connectivity index (χ0) is 8.97. The van der Waals surface area contributed by atoms with Crippen molar-refractivity contribution in [3.05, 3.63) is 35.4 Å². The first-order chi connectivity index (χ1) is 5.74. The number of hydrogen-bond acceptors (Lipinski definition) is 1. The molecule has 0 amide bonds. The van der Waals surface area contributed by atoms with Crippen LogP contribution in [0.4, 0.5) is 8.78 Å². The van der Waals surface area contributed by atoms with Gasteiger partial charge in [-0.25, -0.2) is 8.78 Å². The van der Waals surface area contributed by atoms with Crippen molar-refractivity contribution in [3.8, 4) is 6.07 Å². The Hall–Kier alpha value is -1.43. The molecule has 0 unspecified atom stereocenters. The topological polar surface area (TPSA) is 23.8 Å². The van der Waals surface area contributed by atoms with E-state index < -0.39 is 6.43 Å². The van der Waals surface area contributed by atoms with Crippen LogP contribution in [0.15, 0.2) is 24.3 Å². The molecule has 3 heteroatoms. The molecule has 0 radical (unpaired) electrons. The van der Waals surface area contributed by atoms with Crippen molar-refractivity contribution in [2.75, 3.05) is 0 Å². The summed E-state index contributed by atoms with van der Waals surface area (Å²) in [6.45, 7) is 0. The van der Waals surface area contributed by atoms with Crippen LogP contribution in [0.3, 0.4) is 0 Å². The van der Waals surface area contributed by atoms with Gasteiger partial charge in [-0.3, -0.25) is 0 Å². The molecule has 0 spiro atoms. The Morgan fingerprint density at radius 3 is 2.25 bits per heavy atom. The molecule has 0 aliphatic rings. The number of halogens is 2. The van der Waals surface area contributed by atoms with Crippen molar-refractivity contribution in [3.63, 3.8) is 0 Å². The van der Waals surface area contributed by atoms with Gasteiger partial charge in [0.1, 0.15) is 0 Å². The summed E-state index contributed by atoms with van der Waals surface area (Å²) in [6, 6.07) is 7.73. The standard InChI is InChI=1S/C9H7F2N/c10-9(11)8-3-1-7(2-4-8)5-6-12/h1-4,9H,5H2. The highest BCUT2D eigenvalue weighted by Gasteiger charge is 2.04. The van der Waals surface area contributed by atoms with Gasteiger partial charge in [0.2, 0.25) is 0 Å². The number of benzene rings is 1. The van der Waals surface area contributed by atoms with Gasteiger partial charge in [-0.15, -0.1) is 0 Å². The summed E-state index contributed by atoms with van der Waals surface area (Å²) in [4.78, 5) is 0. The van der Waals surface area contributed by atoms with Crippen LogP contribution in [0.25, 0.3) is 0 Å². The molecule has 62 valence electrons. The van der Waals surface area contributed by atoms with Gasteiger partial charge in [-0.05, 0) is 5.56 Å². The SMILES string of the molecule is N#CCc1ccc(C(F)F)cc1. The van der Waals surface area contributed by atoms with Gasteiger partial charge in [0.25, 0.3) is 6.43 Å². The van der Waals surface area contributed by atoms with Crippen molar-refractivity contribution in [1.82, 2.24) is 0 Å². The van der Waals surface area contributed by atoms with Crippen molar-refractivity contribution in [2.45, 2.75) is 12.8 Å². The first kappa shape index (κ1) is 8.66. The van der Waals surface area contributed by atoms with Gasteiger partial charge < -0.3 is 0 Å². The van der Waals surface area contributed by atoms with E-state index in [-0.39, 0.29) is 12.0 Å². The van der Waals surface area contributed by atoms with Crippen LogP contribution in [0.1, 0.15) is 17.6 Å². The average molecular weight is 167 g/mol. The molecule has 0 bridgehead atoms. The maximum Gasteiger partial charge on any atom is 0.263 e. The zero-order valence-corrected chi connectivity index (χ0v) is 6.30. The summed E-state index contributed by atoms with van der Waals surface area (Å²) in [5, 5.41) is 8.30. The van der Waals surface area contributed by atoms with E-state index in [2.05, 4.69) is 0 Å². The lowest BCUT2D eigenvalue weighted by Gasteiger charge is -1.99. The van der Waals surface area contributed by atoms with Crippen LogP contribution in [-0.2, 0) is 6.42 Å². The largest absolute Gasteiger partial charge is 0.263 e. The summed E-state index contributed by atoms with van der Waals surface area (Å²) in [5.74, 6) is 0. The van der Waals surface area contributed by atoms with Gasteiger partial charge in [-0.2, -0.15) is 5.26 Å². The summed E-state index contributed by atoms with van der Waals surface area (Å²) >= 11 is 0. The third-order valence-corrected chi connectivity index (χ3v) is 1.51. The summed E-state index contributed by atoms with van der Waals surface area (Å²) in [7, 11) is 0. The molecular weight excluding hydrogens is 160 g/mol. The molecule has 0 N–H and O–H groups in total. The Kier molecular flexibility index (Phi) is 2.76. The first-order valence-corrected chi connectivity index (χ1v) is 3.48. The summed E-state index contributed by atoms with van der Waals surface area (Å²) in [5.41, 5.74) is 0.763. The Bertz CT molecular complexity index is 284. The first-order valence-electron chi connectivity index (χ1n) is 3.48. The van der Waals surface area contributed by atoms with Crippen LogP contribution in [-0.4, -0.2) is 0 Å². The Balaban J connectivity index is 2.80. The fourth-order valence-electron chi connectivity index (χ4n) is 0.872. The van der Waals surface area contributed by atoms with E-state index >= 15 is 0 Å². The highest BCUT2D eigenvalue weighted by Crippen LogP contribution is 2.18. The quantitative estimate of drug-likeness (QED) is 0.664. The van der Waals surface area contributed by atoms with Crippen molar-refractivity contribution < 1.29 is 8.78 Å². The lowest BCUT2D eigenvalue weighted by Crippen LogP contribution is -1.85. The summed E-state index contributed by atoms with van der Waals surface area (Å²) < 4.78 is 24.0. The van der Waals surface area contributed by atoms with E-state index in [1.807, 2.05) is 6.07 Å². The van der Waals surface area contributed by atoms with Gasteiger partial charge in [0.15, 0.2) is 0 Å².